The number of nitrogens with zero attached hydrogens (tertiary/aromatic N) is 4. The zero-order chi connectivity index (χ0) is 19.2. The number of fused-ring (bicyclic) bond motifs is 1. The van der Waals surface area contributed by atoms with E-state index in [0.717, 1.165) is 0 Å². The van der Waals surface area contributed by atoms with Crippen LogP contribution < -0.4 is 5.32 Å². The molecule has 26 heavy (non-hydrogen) atoms. The molecule has 0 fully saturated rings. The lowest BCUT2D eigenvalue weighted by atomic mass is 9.88. The molecule has 0 saturated heterocycles. The topological polar surface area (TPSA) is 55.1 Å². The number of halogens is 4. The van der Waals surface area contributed by atoms with E-state index in [1.165, 1.54) is 10.7 Å². The fourth-order valence-corrected chi connectivity index (χ4v) is 2.50. The summed E-state index contributed by atoms with van der Waals surface area (Å²) in [4.78, 5) is 8.01. The summed E-state index contributed by atoms with van der Waals surface area (Å²) in [6, 6.07) is 1.13. The molecular formula is C17H17ClF3N5. The first-order valence-corrected chi connectivity index (χ1v) is 8.28. The van der Waals surface area contributed by atoms with Gasteiger partial charge in [-0.05, 0) is 23.9 Å². The molecule has 0 aliphatic heterocycles. The fraction of sp³-hybridized carbons (Fsp3) is 0.353. The van der Waals surface area contributed by atoms with Gasteiger partial charge < -0.3 is 5.32 Å². The molecule has 1 atom stereocenters. The molecule has 0 bridgehead atoms. The summed E-state index contributed by atoms with van der Waals surface area (Å²) in [6.45, 7) is 7.95. The number of nitrogens with one attached hydrogen (secondary N) is 1. The number of hydrogen-bond donors (Lipinski definition) is 1. The number of rotatable bonds is 3. The molecule has 3 aromatic rings. The Hall–Kier alpha value is -2.35. The lowest BCUT2D eigenvalue weighted by Gasteiger charge is -2.29. The first-order chi connectivity index (χ1) is 12.1. The zero-order valence-corrected chi connectivity index (χ0v) is 15.4. The van der Waals surface area contributed by atoms with Crippen LogP contribution in [0.2, 0.25) is 5.28 Å². The standard InChI is InChI=1S/C17H17ClF3N5/c1-8(17(2,3)4)23-14-10(7-22-16-24-15(18)25-26(14)16)13-11(20)5-9(19)6-12(13)21/h5-8,23H,1-4H3/t8-/m1/s1. The molecule has 5 nitrogen and oxygen atoms in total. The summed E-state index contributed by atoms with van der Waals surface area (Å²) in [7, 11) is 0. The van der Waals surface area contributed by atoms with Crippen molar-refractivity contribution in [1.82, 2.24) is 19.6 Å². The summed E-state index contributed by atoms with van der Waals surface area (Å²) in [5, 5.41) is 7.19. The van der Waals surface area contributed by atoms with E-state index in [1.54, 1.807) is 0 Å². The van der Waals surface area contributed by atoms with Gasteiger partial charge in [-0.3, -0.25) is 0 Å². The highest BCUT2D eigenvalue weighted by molar-refractivity contribution is 6.28. The smallest absolute Gasteiger partial charge is 0.255 e. The minimum absolute atomic E-state index is 0.0545. The second kappa shape index (κ2) is 6.42. The van der Waals surface area contributed by atoms with Crippen molar-refractivity contribution in [1.29, 1.82) is 0 Å². The van der Waals surface area contributed by atoms with Gasteiger partial charge >= 0.3 is 0 Å². The molecule has 0 saturated carbocycles. The molecule has 1 N–H and O–H groups in total. The Balaban J connectivity index is 2.27. The summed E-state index contributed by atoms with van der Waals surface area (Å²) < 4.78 is 43.3. The van der Waals surface area contributed by atoms with Crippen molar-refractivity contribution in [2.45, 2.75) is 33.7 Å². The van der Waals surface area contributed by atoms with E-state index in [0.29, 0.717) is 12.1 Å². The summed E-state index contributed by atoms with van der Waals surface area (Å²) in [5.41, 5.74) is -0.488. The average Bonchev–Trinajstić information content (AvgIpc) is 2.87. The molecule has 0 aliphatic rings. The average molecular weight is 384 g/mol. The molecule has 0 radical (unpaired) electrons. The Labute approximate surface area is 153 Å². The second-order valence-corrected chi connectivity index (χ2v) is 7.43. The van der Waals surface area contributed by atoms with Crippen LogP contribution in [0.4, 0.5) is 19.0 Å². The number of benzene rings is 1. The van der Waals surface area contributed by atoms with Gasteiger partial charge in [-0.2, -0.15) is 9.50 Å². The normalized spacial score (nSPS) is 13.2. The van der Waals surface area contributed by atoms with Gasteiger partial charge in [0.25, 0.3) is 5.78 Å². The molecule has 3 rings (SSSR count). The van der Waals surface area contributed by atoms with Crippen molar-refractivity contribution in [2.75, 3.05) is 5.32 Å². The van der Waals surface area contributed by atoms with Crippen LogP contribution >= 0.6 is 11.6 Å². The highest BCUT2D eigenvalue weighted by atomic mass is 35.5. The van der Waals surface area contributed by atoms with Gasteiger partial charge in [0.15, 0.2) is 0 Å². The lowest BCUT2D eigenvalue weighted by Crippen LogP contribution is -2.32. The highest BCUT2D eigenvalue weighted by Gasteiger charge is 2.25. The van der Waals surface area contributed by atoms with E-state index >= 15 is 0 Å². The number of anilines is 1. The molecule has 0 amide bonds. The van der Waals surface area contributed by atoms with Crippen molar-refractivity contribution >= 4 is 23.2 Å². The first kappa shape index (κ1) is 18.4. The van der Waals surface area contributed by atoms with Crippen molar-refractivity contribution < 1.29 is 13.2 Å². The van der Waals surface area contributed by atoms with Gasteiger partial charge in [-0.1, -0.05) is 20.8 Å². The van der Waals surface area contributed by atoms with E-state index in [2.05, 4.69) is 20.4 Å². The minimum Gasteiger partial charge on any atom is -0.366 e. The van der Waals surface area contributed by atoms with E-state index in [4.69, 9.17) is 11.6 Å². The van der Waals surface area contributed by atoms with Gasteiger partial charge in [0.2, 0.25) is 5.28 Å². The maximum atomic E-state index is 14.3. The maximum Gasteiger partial charge on any atom is 0.255 e. The summed E-state index contributed by atoms with van der Waals surface area (Å²) in [6.07, 6.45) is 1.26. The van der Waals surface area contributed by atoms with Crippen LogP contribution in [0.5, 0.6) is 0 Å². The number of aromatic nitrogens is 4. The van der Waals surface area contributed by atoms with Crippen LogP contribution in [0, 0.1) is 22.9 Å². The fourth-order valence-electron chi connectivity index (χ4n) is 2.35. The minimum atomic E-state index is -1.04. The van der Waals surface area contributed by atoms with Crippen LogP contribution in [0.1, 0.15) is 27.7 Å². The van der Waals surface area contributed by atoms with E-state index < -0.39 is 23.0 Å². The van der Waals surface area contributed by atoms with Crippen LogP contribution in [0.3, 0.4) is 0 Å². The van der Waals surface area contributed by atoms with Crippen molar-refractivity contribution in [2.24, 2.45) is 5.41 Å². The van der Waals surface area contributed by atoms with Crippen LogP contribution in [0.15, 0.2) is 18.3 Å². The van der Waals surface area contributed by atoms with Crippen LogP contribution in [0.25, 0.3) is 16.9 Å². The lowest BCUT2D eigenvalue weighted by molar-refractivity contribution is 0.358. The molecule has 2 aromatic heterocycles. The highest BCUT2D eigenvalue weighted by Crippen LogP contribution is 2.34. The molecule has 138 valence electrons. The largest absolute Gasteiger partial charge is 0.366 e. The summed E-state index contributed by atoms with van der Waals surface area (Å²) in [5.74, 6) is -2.65. The van der Waals surface area contributed by atoms with Crippen LogP contribution in [-0.4, -0.2) is 25.6 Å². The van der Waals surface area contributed by atoms with Gasteiger partial charge in [-0.25, -0.2) is 18.2 Å². The van der Waals surface area contributed by atoms with Crippen molar-refractivity contribution in [3.8, 4) is 11.1 Å². The quantitative estimate of drug-likeness (QED) is 0.711. The molecule has 2 heterocycles. The molecular weight excluding hydrogens is 367 g/mol. The van der Waals surface area contributed by atoms with Crippen molar-refractivity contribution in [3.05, 3.63) is 41.1 Å². The number of hydrogen-bond acceptors (Lipinski definition) is 4. The monoisotopic (exact) mass is 383 g/mol. The predicted molar refractivity (Wildman–Crippen MR) is 93.6 cm³/mol. The van der Waals surface area contributed by atoms with Gasteiger partial charge in [0, 0.05) is 29.9 Å². The molecule has 0 unspecified atom stereocenters. The van der Waals surface area contributed by atoms with Gasteiger partial charge in [-0.15, -0.1) is 5.10 Å². The first-order valence-electron chi connectivity index (χ1n) is 7.90. The molecule has 1 aromatic carbocycles. The van der Waals surface area contributed by atoms with E-state index in [-0.39, 0.29) is 33.9 Å². The Morgan fingerprint density at radius 1 is 1.15 bits per heavy atom. The third kappa shape index (κ3) is 3.33. The van der Waals surface area contributed by atoms with Gasteiger partial charge in [0.1, 0.15) is 23.3 Å². The predicted octanol–water partition coefficient (Wildman–Crippen LogP) is 4.71. The van der Waals surface area contributed by atoms with Crippen molar-refractivity contribution in [3.63, 3.8) is 0 Å². The third-order valence-corrected chi connectivity index (χ3v) is 4.43. The Morgan fingerprint density at radius 2 is 1.77 bits per heavy atom. The Kier molecular flexibility index (Phi) is 4.56. The Bertz CT molecular complexity index is 957. The summed E-state index contributed by atoms with van der Waals surface area (Å²) >= 11 is 5.85. The second-order valence-electron chi connectivity index (χ2n) is 7.09. The SMILES string of the molecule is C[C@@H](Nc1c(-c2c(F)cc(F)cc2F)cnc2nc(Cl)nn12)C(C)(C)C. The third-order valence-electron chi connectivity index (χ3n) is 4.27. The maximum absolute atomic E-state index is 14.3. The molecule has 9 heteroatoms. The van der Waals surface area contributed by atoms with E-state index in [1.807, 2.05) is 27.7 Å². The Morgan fingerprint density at radius 3 is 2.35 bits per heavy atom. The van der Waals surface area contributed by atoms with Gasteiger partial charge in [0.05, 0.1) is 5.56 Å². The molecule has 0 aliphatic carbocycles. The molecule has 0 spiro atoms. The van der Waals surface area contributed by atoms with E-state index in [9.17, 15) is 13.2 Å². The zero-order valence-electron chi connectivity index (χ0n) is 14.6. The van der Waals surface area contributed by atoms with Crippen LogP contribution in [-0.2, 0) is 0 Å².